The van der Waals surface area contributed by atoms with Crippen LogP contribution in [0.15, 0.2) is 24.8 Å². The van der Waals surface area contributed by atoms with E-state index in [1.165, 1.54) is 0 Å². The van der Waals surface area contributed by atoms with Crippen LogP contribution in [0, 0.1) is 0 Å². The van der Waals surface area contributed by atoms with E-state index in [1.807, 2.05) is 19.1 Å². The van der Waals surface area contributed by atoms with Crippen molar-refractivity contribution >= 4 is 35.4 Å². The Balaban J connectivity index is 3.01. The molecule has 8 N–H and O–H groups in total. The second-order valence-electron chi connectivity index (χ2n) is 10.4. The van der Waals surface area contributed by atoms with Crippen LogP contribution in [0.5, 0.6) is 0 Å². The predicted molar refractivity (Wildman–Crippen MR) is 160 cm³/mol. The summed E-state index contributed by atoms with van der Waals surface area (Å²) < 4.78 is 64.0. The Morgan fingerprint density at radius 2 is 1.32 bits per heavy atom. The Bertz CT molecular complexity index is 1150. The molecule has 0 spiro atoms. The van der Waals surface area contributed by atoms with Gasteiger partial charge in [0.05, 0.1) is 6.61 Å². The smallest absolute Gasteiger partial charge is 0.462 e. The van der Waals surface area contributed by atoms with Crippen molar-refractivity contribution in [2.24, 2.45) is 0 Å². The lowest BCUT2D eigenvalue weighted by molar-refractivity contribution is -0.213. The van der Waals surface area contributed by atoms with Crippen LogP contribution in [-0.2, 0) is 50.9 Å². The van der Waals surface area contributed by atoms with Crippen molar-refractivity contribution in [3.05, 3.63) is 24.8 Å². The number of ether oxygens (including phenoxy) is 2. The second-order valence-corrected chi connectivity index (χ2v) is 14.2. The second kappa shape index (κ2) is 21.0. The van der Waals surface area contributed by atoms with Gasteiger partial charge in [-0.1, -0.05) is 44.4 Å². The average molecular weight is 743 g/mol. The first-order valence-corrected chi connectivity index (χ1v) is 19.1. The molecule has 0 aromatic carbocycles. The molecule has 274 valence electrons. The number of carbonyl (C=O) groups excluding carboxylic acids is 2. The zero-order valence-electron chi connectivity index (χ0n) is 25.7. The number of hydrogen-bond donors (Lipinski definition) is 8. The summed E-state index contributed by atoms with van der Waals surface area (Å²) >= 11 is 0. The van der Waals surface area contributed by atoms with Gasteiger partial charge in [-0.05, 0) is 25.7 Å². The molecule has 47 heavy (non-hydrogen) atoms. The van der Waals surface area contributed by atoms with Gasteiger partial charge in [0.2, 0.25) is 0 Å². The number of aliphatic hydroxyl groups is 3. The van der Waals surface area contributed by atoms with Crippen molar-refractivity contribution in [2.75, 3.05) is 13.2 Å². The number of allylic oxidation sites excluding steroid dienone is 3. The van der Waals surface area contributed by atoms with E-state index in [2.05, 4.69) is 15.6 Å². The van der Waals surface area contributed by atoms with Gasteiger partial charge >= 0.3 is 35.4 Å². The number of phosphoric ester groups is 3. The number of carbonyl (C=O) groups is 2. The van der Waals surface area contributed by atoms with Crippen molar-refractivity contribution in [2.45, 2.75) is 107 Å². The van der Waals surface area contributed by atoms with Crippen LogP contribution in [0.2, 0.25) is 0 Å². The molecule has 1 aliphatic carbocycles. The number of unbranched alkanes of at least 4 members (excludes halogenated alkanes) is 4. The van der Waals surface area contributed by atoms with E-state index in [-0.39, 0.29) is 12.8 Å². The summed E-state index contributed by atoms with van der Waals surface area (Å²) in [6.45, 7) is 4.04. The van der Waals surface area contributed by atoms with Gasteiger partial charge in [0, 0.05) is 12.8 Å². The molecule has 0 aromatic rings. The highest BCUT2D eigenvalue weighted by atomic mass is 31.2. The van der Waals surface area contributed by atoms with Crippen LogP contribution in [-0.4, -0.2) is 108 Å². The van der Waals surface area contributed by atoms with Crippen molar-refractivity contribution in [1.29, 1.82) is 0 Å². The normalized spacial score (nSPS) is 25.6. The van der Waals surface area contributed by atoms with Crippen molar-refractivity contribution in [3.63, 3.8) is 0 Å². The summed E-state index contributed by atoms with van der Waals surface area (Å²) in [5, 5.41) is 31.3. The molecule has 0 aromatic heterocycles. The predicted octanol–water partition coefficient (Wildman–Crippen LogP) is 1.27. The summed E-state index contributed by atoms with van der Waals surface area (Å²) in [4.78, 5) is 71.5. The van der Waals surface area contributed by atoms with E-state index in [9.17, 15) is 53.3 Å². The number of aliphatic hydroxyl groups excluding tert-OH is 3. The Hall–Kier alpha value is -1.37. The number of hydrogen-bond acceptors (Lipinski definition) is 14. The maximum atomic E-state index is 12.8. The van der Waals surface area contributed by atoms with E-state index in [0.29, 0.717) is 25.7 Å². The molecule has 0 aliphatic heterocycles. The van der Waals surface area contributed by atoms with Gasteiger partial charge in [-0.3, -0.25) is 27.7 Å². The topological polar surface area (TPSA) is 303 Å². The third-order valence-electron chi connectivity index (χ3n) is 6.40. The molecule has 1 fully saturated rings. The van der Waals surface area contributed by atoms with Gasteiger partial charge in [0.15, 0.2) is 6.10 Å². The van der Waals surface area contributed by atoms with E-state index in [4.69, 9.17) is 28.3 Å². The number of phosphoric acid groups is 3. The Labute approximate surface area is 271 Å². The molecule has 0 bridgehead atoms. The van der Waals surface area contributed by atoms with Crippen LogP contribution in [0.4, 0.5) is 0 Å². The van der Waals surface area contributed by atoms with Crippen LogP contribution < -0.4 is 0 Å². The first-order valence-electron chi connectivity index (χ1n) is 14.6. The largest absolute Gasteiger partial charge is 0.472 e. The fraction of sp³-hybridized carbons (Fsp3) is 0.760. The number of rotatable bonds is 23. The minimum atomic E-state index is -5.58. The lowest BCUT2D eigenvalue weighted by Gasteiger charge is -2.44. The van der Waals surface area contributed by atoms with E-state index in [1.54, 1.807) is 6.08 Å². The molecule has 0 amide bonds. The molecular formula is C25H45O19P3. The molecule has 0 heterocycles. The molecule has 1 unspecified atom stereocenters. The van der Waals surface area contributed by atoms with Crippen molar-refractivity contribution in [3.8, 4) is 0 Å². The molecule has 19 nitrogen and oxygen atoms in total. The van der Waals surface area contributed by atoms with Gasteiger partial charge < -0.3 is 49.3 Å². The maximum Gasteiger partial charge on any atom is 0.472 e. The van der Waals surface area contributed by atoms with Crippen LogP contribution in [0.1, 0.15) is 64.7 Å². The summed E-state index contributed by atoms with van der Waals surface area (Å²) in [6, 6.07) is 0. The first kappa shape index (κ1) is 43.7. The van der Waals surface area contributed by atoms with E-state index < -0.39 is 91.3 Å². The van der Waals surface area contributed by atoms with Gasteiger partial charge in [-0.2, -0.15) is 0 Å². The monoisotopic (exact) mass is 742 g/mol. The third-order valence-corrected chi connectivity index (χ3v) is 8.42. The maximum absolute atomic E-state index is 12.8. The Morgan fingerprint density at radius 1 is 0.745 bits per heavy atom. The third kappa shape index (κ3) is 18.3. The molecule has 1 aliphatic rings. The SMILES string of the molecule is C=CC/C=C/CCCC(=O)O[C@H](COC(=O)CCCCCC)COP(=O)(O)O[C@@H]1[C@H](O)[C@H](O)[C@@H](OP(=O)(O)O)[C@H](OP(=O)(O)O)[C@H]1O. The van der Waals surface area contributed by atoms with Gasteiger partial charge in [-0.15, -0.1) is 6.58 Å². The van der Waals surface area contributed by atoms with Crippen LogP contribution in [0.3, 0.4) is 0 Å². The standard InChI is InChI=1S/C25H45O19P3/c1-3-5-7-9-10-12-14-19(27)41-17(15-39-18(26)13-11-8-6-4-2)16-40-47(37,38)44-23-20(28)21(29)24(42-45(31,32)33)25(22(23)30)43-46(34,35)36/h3,7,9,17,20-25,28-30H,1,4-6,8,10-16H2,2H3,(H,37,38)(H2,31,32,33)(H2,34,35,36)/b9-7+/t17-,20-,21+,22+,23-,24-,25-/m1/s1. The van der Waals surface area contributed by atoms with Crippen LogP contribution in [0.25, 0.3) is 0 Å². The Morgan fingerprint density at radius 3 is 1.89 bits per heavy atom. The molecule has 1 saturated carbocycles. The lowest BCUT2D eigenvalue weighted by Crippen LogP contribution is -2.65. The van der Waals surface area contributed by atoms with E-state index >= 15 is 0 Å². The molecule has 1 rings (SSSR count). The zero-order chi connectivity index (χ0) is 35.8. The highest BCUT2D eigenvalue weighted by Gasteiger charge is 2.56. The number of esters is 2. The quantitative estimate of drug-likeness (QED) is 0.0316. The van der Waals surface area contributed by atoms with Gasteiger partial charge in [-0.25, -0.2) is 13.7 Å². The summed E-state index contributed by atoms with van der Waals surface area (Å²) in [7, 11) is -16.5. The molecule has 0 radical (unpaired) electrons. The fourth-order valence-corrected chi connectivity index (χ4v) is 6.30. The van der Waals surface area contributed by atoms with Gasteiger partial charge in [0.25, 0.3) is 0 Å². The lowest BCUT2D eigenvalue weighted by atomic mass is 9.85. The molecule has 22 heteroatoms. The summed E-state index contributed by atoms with van der Waals surface area (Å²) in [6.07, 6.45) is -6.35. The fourth-order valence-electron chi connectivity index (χ4n) is 4.20. The molecule has 8 atom stereocenters. The first-order chi connectivity index (χ1) is 21.8. The highest BCUT2D eigenvalue weighted by Crippen LogP contribution is 2.51. The minimum Gasteiger partial charge on any atom is -0.462 e. The minimum absolute atomic E-state index is 0.0600. The molecule has 0 saturated heterocycles. The summed E-state index contributed by atoms with van der Waals surface area (Å²) in [5.41, 5.74) is 0. The van der Waals surface area contributed by atoms with Crippen molar-refractivity contribution < 1.29 is 90.6 Å². The Kier molecular flexibility index (Phi) is 19.5. The van der Waals surface area contributed by atoms with Crippen LogP contribution >= 0.6 is 23.5 Å². The van der Waals surface area contributed by atoms with E-state index in [0.717, 1.165) is 19.3 Å². The highest BCUT2D eigenvalue weighted by molar-refractivity contribution is 7.47. The summed E-state index contributed by atoms with van der Waals surface area (Å²) in [5.74, 6) is -1.40. The zero-order valence-corrected chi connectivity index (χ0v) is 28.4. The molecular weight excluding hydrogens is 697 g/mol. The average Bonchev–Trinajstić information content (AvgIpc) is 2.96. The van der Waals surface area contributed by atoms with Gasteiger partial charge in [0.1, 0.15) is 43.2 Å². The van der Waals surface area contributed by atoms with Crippen molar-refractivity contribution in [1.82, 2.24) is 0 Å².